The minimum atomic E-state index is -1.11. The third-order valence-electron chi connectivity index (χ3n) is 4.42. The largest absolute Gasteiger partial charge is 0.481 e. The second kappa shape index (κ2) is 5.91. The van der Waals surface area contributed by atoms with Crippen molar-refractivity contribution in [2.45, 2.75) is 46.6 Å². The molecule has 2 atom stereocenters. The molecule has 0 saturated carbocycles. The number of carboxylic acids is 1. The smallest absolute Gasteiger partial charge is 0.314 e. The van der Waals surface area contributed by atoms with E-state index in [9.17, 15) is 14.7 Å². The van der Waals surface area contributed by atoms with Crippen LogP contribution in [0.2, 0.25) is 0 Å². The van der Waals surface area contributed by atoms with Gasteiger partial charge in [-0.2, -0.15) is 0 Å². The van der Waals surface area contributed by atoms with Gasteiger partial charge >= 0.3 is 11.9 Å². The number of allylic oxidation sites excluding steroid dienone is 1. The summed E-state index contributed by atoms with van der Waals surface area (Å²) in [7, 11) is 0. The van der Waals surface area contributed by atoms with Crippen molar-refractivity contribution in [3.8, 4) is 0 Å². The molecule has 0 unspecified atom stereocenters. The molecule has 0 radical (unpaired) electrons. The number of aromatic nitrogens is 1. The van der Waals surface area contributed by atoms with Gasteiger partial charge in [-0.3, -0.25) is 14.6 Å². The van der Waals surface area contributed by atoms with Crippen molar-refractivity contribution in [3.63, 3.8) is 0 Å². The molecule has 0 aliphatic heterocycles. The van der Waals surface area contributed by atoms with Gasteiger partial charge in [0.2, 0.25) is 0 Å². The standard InChI is InChI=1S/C17H21NO4/c1-5-17(16(20)21)8-13(11(3)15(17)22-12(4)19)14-7-6-10(2)9-18-14/h6-7,9,15H,5,8H2,1-4H3,(H,20,21)/t15-,17+/m0/s1. The number of aryl methyl sites for hydroxylation is 1. The van der Waals surface area contributed by atoms with Gasteiger partial charge in [0.05, 0.1) is 5.69 Å². The second-order valence-electron chi connectivity index (χ2n) is 5.86. The summed E-state index contributed by atoms with van der Waals surface area (Å²) >= 11 is 0. The first-order valence-corrected chi connectivity index (χ1v) is 7.35. The molecule has 1 N–H and O–H groups in total. The quantitative estimate of drug-likeness (QED) is 0.865. The van der Waals surface area contributed by atoms with Crippen LogP contribution < -0.4 is 0 Å². The van der Waals surface area contributed by atoms with Crippen LogP contribution in [0.5, 0.6) is 0 Å². The van der Waals surface area contributed by atoms with Crippen LogP contribution in [0.25, 0.3) is 5.57 Å². The zero-order valence-corrected chi connectivity index (χ0v) is 13.3. The summed E-state index contributed by atoms with van der Waals surface area (Å²) < 4.78 is 5.36. The van der Waals surface area contributed by atoms with Crippen LogP contribution in [0.4, 0.5) is 0 Å². The lowest BCUT2D eigenvalue weighted by Crippen LogP contribution is -2.41. The van der Waals surface area contributed by atoms with E-state index in [4.69, 9.17) is 4.74 Å². The number of pyridine rings is 1. The molecule has 0 amide bonds. The van der Waals surface area contributed by atoms with E-state index in [-0.39, 0.29) is 0 Å². The van der Waals surface area contributed by atoms with Crippen LogP contribution >= 0.6 is 0 Å². The van der Waals surface area contributed by atoms with Gasteiger partial charge in [-0.25, -0.2) is 0 Å². The Hall–Kier alpha value is -2.17. The molecule has 0 spiro atoms. The summed E-state index contributed by atoms with van der Waals surface area (Å²) in [6.07, 6.45) is 1.71. The molecule has 1 aromatic heterocycles. The number of hydrogen-bond acceptors (Lipinski definition) is 4. The maximum absolute atomic E-state index is 11.9. The minimum Gasteiger partial charge on any atom is -0.481 e. The highest BCUT2D eigenvalue weighted by Crippen LogP contribution is 2.49. The van der Waals surface area contributed by atoms with Gasteiger partial charge in [0, 0.05) is 13.1 Å². The zero-order valence-electron chi connectivity index (χ0n) is 13.3. The summed E-state index contributed by atoms with van der Waals surface area (Å²) in [6, 6.07) is 3.82. The Morgan fingerprint density at radius 2 is 2.09 bits per heavy atom. The Morgan fingerprint density at radius 1 is 1.41 bits per heavy atom. The molecule has 1 aliphatic carbocycles. The van der Waals surface area contributed by atoms with Crippen molar-refractivity contribution in [2.75, 3.05) is 0 Å². The van der Waals surface area contributed by atoms with Gasteiger partial charge in [0.25, 0.3) is 0 Å². The van der Waals surface area contributed by atoms with Gasteiger partial charge < -0.3 is 9.84 Å². The molecule has 1 aliphatic rings. The van der Waals surface area contributed by atoms with Gasteiger partial charge in [-0.05, 0) is 49.5 Å². The Bertz CT molecular complexity index is 633. The highest BCUT2D eigenvalue weighted by Gasteiger charge is 2.53. The van der Waals surface area contributed by atoms with Crippen LogP contribution in [-0.4, -0.2) is 28.1 Å². The highest BCUT2D eigenvalue weighted by atomic mass is 16.5. The van der Waals surface area contributed by atoms with Crippen molar-refractivity contribution in [2.24, 2.45) is 5.41 Å². The van der Waals surface area contributed by atoms with Gasteiger partial charge in [0.15, 0.2) is 0 Å². The molecule has 0 aromatic carbocycles. The van der Waals surface area contributed by atoms with E-state index < -0.39 is 23.5 Å². The molecule has 1 aromatic rings. The van der Waals surface area contributed by atoms with Crippen LogP contribution in [-0.2, 0) is 14.3 Å². The first-order chi connectivity index (χ1) is 10.3. The van der Waals surface area contributed by atoms with Crippen molar-refractivity contribution < 1.29 is 19.4 Å². The van der Waals surface area contributed by atoms with Gasteiger partial charge in [-0.15, -0.1) is 0 Å². The van der Waals surface area contributed by atoms with E-state index in [0.29, 0.717) is 12.8 Å². The number of aliphatic carboxylic acids is 1. The van der Waals surface area contributed by atoms with Crippen LogP contribution in [0, 0.1) is 12.3 Å². The molecule has 0 bridgehead atoms. The Morgan fingerprint density at radius 3 is 2.55 bits per heavy atom. The Labute approximate surface area is 130 Å². The molecule has 2 rings (SSSR count). The maximum atomic E-state index is 11.9. The normalized spacial score (nSPS) is 24.5. The average Bonchev–Trinajstić information content (AvgIpc) is 2.74. The summed E-state index contributed by atoms with van der Waals surface area (Å²) in [6.45, 7) is 6.88. The predicted octanol–water partition coefficient (Wildman–Crippen LogP) is 2.98. The Kier molecular flexibility index (Phi) is 4.35. The number of carbonyl (C=O) groups is 2. The number of rotatable bonds is 4. The fourth-order valence-corrected chi connectivity index (χ4v) is 3.08. The lowest BCUT2D eigenvalue weighted by atomic mass is 9.78. The molecular formula is C17H21NO4. The van der Waals surface area contributed by atoms with E-state index in [1.165, 1.54) is 6.92 Å². The number of hydrogen-bond donors (Lipinski definition) is 1. The predicted molar refractivity (Wildman–Crippen MR) is 82.1 cm³/mol. The summed E-state index contributed by atoms with van der Waals surface area (Å²) in [5, 5.41) is 9.74. The monoisotopic (exact) mass is 303 g/mol. The average molecular weight is 303 g/mol. The SMILES string of the molecule is CC[C@@]1(C(=O)O)CC(c2ccc(C)cn2)=C(C)[C@@H]1OC(C)=O. The highest BCUT2D eigenvalue weighted by molar-refractivity contribution is 5.85. The van der Waals surface area contributed by atoms with E-state index in [0.717, 1.165) is 22.4 Å². The van der Waals surface area contributed by atoms with Gasteiger partial charge in [-0.1, -0.05) is 13.0 Å². The number of ether oxygens (including phenoxy) is 1. The number of nitrogens with zero attached hydrogens (tertiary/aromatic N) is 1. The van der Waals surface area contributed by atoms with E-state index in [2.05, 4.69) is 4.98 Å². The first-order valence-electron chi connectivity index (χ1n) is 7.35. The van der Waals surface area contributed by atoms with Crippen LogP contribution in [0.15, 0.2) is 23.9 Å². The fraction of sp³-hybridized carbons (Fsp3) is 0.471. The molecule has 22 heavy (non-hydrogen) atoms. The maximum Gasteiger partial charge on any atom is 0.314 e. The minimum absolute atomic E-state index is 0.318. The van der Waals surface area contributed by atoms with E-state index >= 15 is 0 Å². The fourth-order valence-electron chi connectivity index (χ4n) is 3.08. The third kappa shape index (κ3) is 2.63. The summed E-state index contributed by atoms with van der Waals surface area (Å²) in [5.41, 5.74) is 2.30. The van der Waals surface area contributed by atoms with Crippen molar-refractivity contribution in [3.05, 3.63) is 35.2 Å². The van der Waals surface area contributed by atoms with E-state index in [1.54, 1.807) is 6.20 Å². The van der Waals surface area contributed by atoms with E-state index in [1.807, 2.05) is 32.9 Å². The Balaban J connectivity index is 2.51. The topological polar surface area (TPSA) is 76.5 Å². The number of carboxylic acid groups (broad SMARTS) is 1. The van der Waals surface area contributed by atoms with Crippen molar-refractivity contribution >= 4 is 17.5 Å². The number of esters is 1. The lowest BCUT2D eigenvalue weighted by Gasteiger charge is -2.30. The molecule has 1 heterocycles. The van der Waals surface area contributed by atoms with Gasteiger partial charge in [0.1, 0.15) is 11.5 Å². The van der Waals surface area contributed by atoms with Crippen LogP contribution in [0.3, 0.4) is 0 Å². The second-order valence-corrected chi connectivity index (χ2v) is 5.86. The summed E-state index contributed by atoms with van der Waals surface area (Å²) in [5.74, 6) is -1.41. The summed E-state index contributed by atoms with van der Waals surface area (Å²) in [4.78, 5) is 27.7. The first kappa shape index (κ1) is 16.2. The third-order valence-corrected chi connectivity index (χ3v) is 4.42. The molecule has 0 fully saturated rings. The molecular weight excluding hydrogens is 282 g/mol. The molecule has 118 valence electrons. The lowest BCUT2D eigenvalue weighted by molar-refractivity contribution is -0.163. The van der Waals surface area contributed by atoms with Crippen molar-refractivity contribution in [1.29, 1.82) is 0 Å². The molecule has 5 nitrogen and oxygen atoms in total. The van der Waals surface area contributed by atoms with Crippen LogP contribution in [0.1, 0.15) is 44.9 Å². The molecule has 0 saturated heterocycles. The van der Waals surface area contributed by atoms with Crippen molar-refractivity contribution in [1.82, 2.24) is 4.98 Å². The zero-order chi connectivity index (χ0) is 16.5. The number of carbonyl (C=O) groups excluding carboxylic acids is 1. The molecule has 5 heteroatoms.